The lowest BCUT2D eigenvalue weighted by molar-refractivity contribution is 0.444. The van der Waals surface area contributed by atoms with E-state index in [-0.39, 0.29) is 23.5 Å². The summed E-state index contributed by atoms with van der Waals surface area (Å²) in [5.74, 6) is -0.774. The Morgan fingerprint density at radius 2 is 2.05 bits per heavy atom. The summed E-state index contributed by atoms with van der Waals surface area (Å²) in [5, 5.41) is 17.4. The molecule has 0 heterocycles. The van der Waals surface area contributed by atoms with E-state index in [1.807, 2.05) is 0 Å². The molecule has 0 N–H and O–H groups in total. The maximum absolute atomic E-state index is 13.2. The van der Waals surface area contributed by atoms with Gasteiger partial charge in [0.2, 0.25) is 10.0 Å². The van der Waals surface area contributed by atoms with Crippen molar-refractivity contribution in [3.05, 3.63) is 29.6 Å². The van der Waals surface area contributed by atoms with E-state index in [1.54, 1.807) is 19.1 Å². The molecular formula is C12H12FN3O2S. The summed E-state index contributed by atoms with van der Waals surface area (Å²) in [6, 6.07) is 6.36. The van der Waals surface area contributed by atoms with Crippen LogP contribution in [-0.4, -0.2) is 25.8 Å². The Hall–Kier alpha value is -1.96. The number of halogens is 1. The normalized spacial score (nSPS) is 11.0. The van der Waals surface area contributed by atoms with Gasteiger partial charge in [-0.05, 0) is 24.6 Å². The van der Waals surface area contributed by atoms with Gasteiger partial charge >= 0.3 is 0 Å². The Morgan fingerprint density at radius 1 is 1.37 bits per heavy atom. The van der Waals surface area contributed by atoms with Gasteiger partial charge < -0.3 is 0 Å². The van der Waals surface area contributed by atoms with E-state index in [2.05, 4.69) is 0 Å². The molecule has 0 aromatic heterocycles. The standard InChI is InChI=1S/C12H12FN3O2S/c1-2-6-16(7-5-14)19(17,18)11-3-4-12(13)10(8-11)9-15/h3-4,8H,2,6-7H2,1H3. The van der Waals surface area contributed by atoms with E-state index in [1.165, 1.54) is 0 Å². The van der Waals surface area contributed by atoms with Crippen LogP contribution in [0.5, 0.6) is 0 Å². The Bertz CT molecular complexity index is 644. The fraction of sp³-hybridized carbons (Fsp3) is 0.333. The van der Waals surface area contributed by atoms with Crippen LogP contribution in [0.3, 0.4) is 0 Å². The first-order valence-corrected chi connectivity index (χ1v) is 6.98. The molecular weight excluding hydrogens is 269 g/mol. The summed E-state index contributed by atoms with van der Waals surface area (Å²) in [6.45, 7) is 1.69. The van der Waals surface area contributed by atoms with Crippen molar-refractivity contribution in [3.63, 3.8) is 0 Å². The Labute approximate surface area is 111 Å². The third-order valence-corrected chi connectivity index (χ3v) is 4.26. The zero-order valence-electron chi connectivity index (χ0n) is 10.3. The quantitative estimate of drug-likeness (QED) is 0.767. The number of hydrogen-bond acceptors (Lipinski definition) is 4. The van der Waals surface area contributed by atoms with Crippen molar-refractivity contribution in [1.29, 1.82) is 10.5 Å². The molecule has 0 radical (unpaired) electrons. The van der Waals surface area contributed by atoms with Crippen LogP contribution in [0.15, 0.2) is 23.1 Å². The second kappa shape index (κ2) is 6.28. The Kier molecular flexibility index (Phi) is 4.99. The minimum absolute atomic E-state index is 0.186. The molecule has 0 saturated heterocycles. The summed E-state index contributed by atoms with van der Waals surface area (Å²) in [5.41, 5.74) is -0.338. The minimum atomic E-state index is -3.88. The Balaban J connectivity index is 3.26. The maximum atomic E-state index is 13.2. The number of hydrogen-bond donors (Lipinski definition) is 0. The van der Waals surface area contributed by atoms with Crippen molar-refractivity contribution in [2.75, 3.05) is 13.1 Å². The second-order valence-electron chi connectivity index (χ2n) is 3.75. The fourth-order valence-electron chi connectivity index (χ4n) is 1.51. The van der Waals surface area contributed by atoms with Gasteiger partial charge in [0, 0.05) is 6.54 Å². The van der Waals surface area contributed by atoms with Gasteiger partial charge in [0.1, 0.15) is 18.4 Å². The molecule has 1 rings (SSSR count). The predicted molar refractivity (Wildman–Crippen MR) is 65.8 cm³/mol. The zero-order chi connectivity index (χ0) is 14.5. The smallest absolute Gasteiger partial charge is 0.207 e. The fourth-order valence-corrected chi connectivity index (χ4v) is 2.97. The summed E-state index contributed by atoms with van der Waals surface area (Å²) in [7, 11) is -3.88. The van der Waals surface area contributed by atoms with Gasteiger partial charge in [0.15, 0.2) is 0 Å². The van der Waals surface area contributed by atoms with E-state index in [0.29, 0.717) is 6.42 Å². The van der Waals surface area contributed by atoms with E-state index < -0.39 is 15.8 Å². The molecule has 19 heavy (non-hydrogen) atoms. The van der Waals surface area contributed by atoms with Crippen molar-refractivity contribution in [1.82, 2.24) is 4.31 Å². The second-order valence-corrected chi connectivity index (χ2v) is 5.69. The number of nitriles is 2. The highest BCUT2D eigenvalue weighted by atomic mass is 32.2. The molecule has 0 fully saturated rings. The SMILES string of the molecule is CCCN(CC#N)S(=O)(=O)c1ccc(F)c(C#N)c1. The third-order valence-electron chi connectivity index (χ3n) is 2.42. The van der Waals surface area contributed by atoms with Crippen LogP contribution in [0, 0.1) is 28.5 Å². The van der Waals surface area contributed by atoms with E-state index >= 15 is 0 Å². The van der Waals surface area contributed by atoms with Gasteiger partial charge in [-0.2, -0.15) is 14.8 Å². The van der Waals surface area contributed by atoms with Gasteiger partial charge in [0.05, 0.1) is 16.5 Å². The highest BCUT2D eigenvalue weighted by molar-refractivity contribution is 7.89. The summed E-state index contributed by atoms with van der Waals surface area (Å²) < 4.78 is 38.6. The topological polar surface area (TPSA) is 85.0 Å². The molecule has 0 aliphatic carbocycles. The van der Waals surface area contributed by atoms with Crippen LogP contribution in [0.2, 0.25) is 0 Å². The van der Waals surface area contributed by atoms with Gasteiger partial charge in [-0.15, -0.1) is 0 Å². The predicted octanol–water partition coefficient (Wildman–Crippen LogP) is 1.62. The van der Waals surface area contributed by atoms with Crippen molar-refractivity contribution >= 4 is 10.0 Å². The first-order valence-electron chi connectivity index (χ1n) is 5.54. The summed E-state index contributed by atoms with van der Waals surface area (Å²) in [4.78, 5) is -0.186. The first kappa shape index (κ1) is 15.1. The van der Waals surface area contributed by atoms with E-state index in [4.69, 9.17) is 10.5 Å². The largest absolute Gasteiger partial charge is 0.244 e. The number of benzene rings is 1. The van der Waals surface area contributed by atoms with Crippen LogP contribution in [0.4, 0.5) is 4.39 Å². The van der Waals surface area contributed by atoms with Gasteiger partial charge in [-0.1, -0.05) is 6.92 Å². The van der Waals surface area contributed by atoms with E-state index in [9.17, 15) is 12.8 Å². The number of nitrogens with zero attached hydrogens (tertiary/aromatic N) is 3. The molecule has 0 aliphatic heterocycles. The molecule has 0 amide bonds. The van der Waals surface area contributed by atoms with Crippen LogP contribution >= 0.6 is 0 Å². The highest BCUT2D eigenvalue weighted by Crippen LogP contribution is 2.19. The molecule has 0 unspecified atom stereocenters. The first-order chi connectivity index (χ1) is 8.97. The molecule has 5 nitrogen and oxygen atoms in total. The van der Waals surface area contributed by atoms with Crippen molar-refractivity contribution in [3.8, 4) is 12.1 Å². The van der Waals surface area contributed by atoms with Crippen LogP contribution in [0.25, 0.3) is 0 Å². The molecule has 0 saturated carbocycles. The molecule has 1 aromatic carbocycles. The van der Waals surface area contributed by atoms with Crippen molar-refractivity contribution in [2.45, 2.75) is 18.2 Å². The molecule has 0 aliphatic rings. The van der Waals surface area contributed by atoms with Crippen molar-refractivity contribution < 1.29 is 12.8 Å². The molecule has 0 bridgehead atoms. The maximum Gasteiger partial charge on any atom is 0.244 e. The van der Waals surface area contributed by atoms with Crippen LogP contribution in [0.1, 0.15) is 18.9 Å². The Morgan fingerprint density at radius 3 is 2.58 bits per heavy atom. The summed E-state index contributed by atoms with van der Waals surface area (Å²) >= 11 is 0. The number of sulfonamides is 1. The zero-order valence-corrected chi connectivity index (χ0v) is 11.1. The monoisotopic (exact) mass is 281 g/mol. The third kappa shape index (κ3) is 3.28. The van der Waals surface area contributed by atoms with Crippen LogP contribution < -0.4 is 0 Å². The average Bonchev–Trinajstić information content (AvgIpc) is 2.38. The minimum Gasteiger partial charge on any atom is -0.207 e. The molecule has 100 valence electrons. The summed E-state index contributed by atoms with van der Waals surface area (Å²) in [6.07, 6.45) is 0.549. The number of rotatable bonds is 5. The molecule has 1 aromatic rings. The van der Waals surface area contributed by atoms with E-state index in [0.717, 1.165) is 22.5 Å². The molecule has 7 heteroatoms. The lowest BCUT2D eigenvalue weighted by Gasteiger charge is -2.18. The highest BCUT2D eigenvalue weighted by Gasteiger charge is 2.24. The van der Waals surface area contributed by atoms with Gasteiger partial charge in [-0.3, -0.25) is 0 Å². The lowest BCUT2D eigenvalue weighted by Crippen LogP contribution is -2.32. The molecule has 0 atom stereocenters. The average molecular weight is 281 g/mol. The van der Waals surface area contributed by atoms with Gasteiger partial charge in [0.25, 0.3) is 0 Å². The van der Waals surface area contributed by atoms with Crippen LogP contribution in [-0.2, 0) is 10.0 Å². The molecule has 0 spiro atoms. The lowest BCUT2D eigenvalue weighted by atomic mass is 10.2. The van der Waals surface area contributed by atoms with Crippen molar-refractivity contribution in [2.24, 2.45) is 0 Å². The van der Waals surface area contributed by atoms with Gasteiger partial charge in [-0.25, -0.2) is 12.8 Å².